The van der Waals surface area contributed by atoms with Gasteiger partial charge < -0.3 is 33.8 Å². The number of hydrogen-bond donors (Lipinski definition) is 3. The molecule has 590 valence electrons. The summed E-state index contributed by atoms with van der Waals surface area (Å²) in [5, 5.41) is 10.6. The molecule has 0 fully saturated rings. The van der Waals surface area contributed by atoms with E-state index in [4.69, 9.17) is 37.0 Å². The van der Waals surface area contributed by atoms with E-state index in [1.165, 1.54) is 218 Å². The number of rotatable bonds is 80. The number of phosphoric ester groups is 2. The summed E-state index contributed by atoms with van der Waals surface area (Å²) in [6.45, 7) is 4.91. The second-order valence-electron chi connectivity index (χ2n) is 28.5. The fraction of sp³-hybridized carbons (Fsp3) is 0.901. The highest BCUT2D eigenvalue weighted by Crippen LogP contribution is 2.45. The zero-order chi connectivity index (χ0) is 73.2. The number of aliphatic hydroxyl groups excluding tert-OH is 1. The number of hydrogen-bond acceptors (Lipinski definition) is 15. The molecule has 0 radical (unpaired) electrons. The lowest BCUT2D eigenvalue weighted by Gasteiger charge is -2.21. The summed E-state index contributed by atoms with van der Waals surface area (Å²) >= 11 is 0. The van der Waals surface area contributed by atoms with Crippen molar-refractivity contribution in [3.05, 3.63) is 24.3 Å². The van der Waals surface area contributed by atoms with Crippen LogP contribution in [0.5, 0.6) is 0 Å². The molecule has 0 spiro atoms. The lowest BCUT2D eigenvalue weighted by molar-refractivity contribution is -0.161. The van der Waals surface area contributed by atoms with Gasteiger partial charge in [0, 0.05) is 25.7 Å². The van der Waals surface area contributed by atoms with E-state index < -0.39 is 97.5 Å². The minimum Gasteiger partial charge on any atom is -0.462 e. The van der Waals surface area contributed by atoms with E-state index in [0.717, 1.165) is 116 Å². The van der Waals surface area contributed by atoms with Crippen molar-refractivity contribution in [2.75, 3.05) is 39.6 Å². The van der Waals surface area contributed by atoms with Crippen LogP contribution in [0.15, 0.2) is 24.3 Å². The van der Waals surface area contributed by atoms with E-state index in [1.54, 1.807) is 0 Å². The van der Waals surface area contributed by atoms with Crippen molar-refractivity contribution < 1.29 is 80.2 Å². The third-order valence-corrected chi connectivity index (χ3v) is 20.4. The molecule has 0 aromatic heterocycles. The number of phosphoric acid groups is 2. The second kappa shape index (κ2) is 74.8. The van der Waals surface area contributed by atoms with Crippen LogP contribution in [0.2, 0.25) is 0 Å². The van der Waals surface area contributed by atoms with Gasteiger partial charge in [0.05, 0.1) is 26.4 Å². The van der Waals surface area contributed by atoms with Crippen LogP contribution < -0.4 is 0 Å². The first-order valence-corrected chi connectivity index (χ1v) is 44.6. The molecule has 0 bridgehead atoms. The highest BCUT2D eigenvalue weighted by molar-refractivity contribution is 7.47. The van der Waals surface area contributed by atoms with Crippen LogP contribution in [0.1, 0.15) is 413 Å². The van der Waals surface area contributed by atoms with E-state index in [1.807, 2.05) is 0 Å². The standard InChI is InChI=1S/C81H154O17P2/c1-5-9-13-17-21-24-27-30-33-35-37-39-42-44-47-50-54-58-62-66-79(84)92-72-77(98-81(86)68-64-60-56-52-49-46-43-40-38-36-34-31-28-25-22-18-14-10-6-2)74-96-100(89,90)94-70-75(82)69-93-99(87,88)95-73-76(71-91-78(83)65-61-57-53-20-16-12-8-4)97-80(85)67-63-59-55-51-48-45-41-32-29-26-23-19-15-11-7-3/h26,29,32,41,75-77,82H,5-25,27-28,30-31,33-40,42-74H2,1-4H3,(H,87,88)(H,89,90)/b29-26-,41-32-/t75-,76+,77+/m0/s1. The predicted octanol–water partition coefficient (Wildman–Crippen LogP) is 24.1. The minimum atomic E-state index is -4.96. The molecule has 19 heteroatoms. The van der Waals surface area contributed by atoms with Crippen molar-refractivity contribution in [2.24, 2.45) is 0 Å². The van der Waals surface area contributed by atoms with Crippen molar-refractivity contribution >= 4 is 39.5 Å². The number of aliphatic hydroxyl groups is 1. The molecule has 0 aliphatic heterocycles. The van der Waals surface area contributed by atoms with E-state index in [0.29, 0.717) is 25.7 Å². The monoisotopic (exact) mass is 1460 g/mol. The quantitative estimate of drug-likeness (QED) is 0.0169. The van der Waals surface area contributed by atoms with Gasteiger partial charge in [0.25, 0.3) is 0 Å². The van der Waals surface area contributed by atoms with Gasteiger partial charge in [-0.1, -0.05) is 360 Å². The largest absolute Gasteiger partial charge is 0.472 e. The summed E-state index contributed by atoms with van der Waals surface area (Å²) < 4.78 is 68.5. The predicted molar refractivity (Wildman–Crippen MR) is 409 cm³/mol. The van der Waals surface area contributed by atoms with Gasteiger partial charge in [-0.2, -0.15) is 0 Å². The molecule has 100 heavy (non-hydrogen) atoms. The van der Waals surface area contributed by atoms with Crippen LogP contribution in [0.3, 0.4) is 0 Å². The topological polar surface area (TPSA) is 237 Å². The Morgan fingerprint density at radius 3 is 0.730 bits per heavy atom. The summed E-state index contributed by atoms with van der Waals surface area (Å²) in [5.41, 5.74) is 0. The molecule has 0 aliphatic carbocycles. The molecule has 17 nitrogen and oxygen atoms in total. The lowest BCUT2D eigenvalue weighted by Crippen LogP contribution is -2.30. The molecular formula is C81H154O17P2. The summed E-state index contributed by atoms with van der Waals surface area (Å²) in [4.78, 5) is 72.8. The van der Waals surface area contributed by atoms with Crippen LogP contribution in [0.25, 0.3) is 0 Å². The van der Waals surface area contributed by atoms with Gasteiger partial charge in [-0.15, -0.1) is 0 Å². The maximum atomic E-state index is 13.1. The fourth-order valence-corrected chi connectivity index (χ4v) is 13.7. The number of esters is 4. The van der Waals surface area contributed by atoms with E-state index in [9.17, 15) is 43.2 Å². The normalized spacial score (nSPS) is 13.9. The summed E-state index contributed by atoms with van der Waals surface area (Å²) in [5.74, 6) is -2.14. The Kier molecular flexibility index (Phi) is 73.0. The van der Waals surface area contributed by atoms with Gasteiger partial charge in [-0.25, -0.2) is 9.13 Å². The Hall–Kier alpha value is -2.46. The Labute approximate surface area is 612 Å². The average molecular weight is 1460 g/mol. The molecule has 3 N–H and O–H groups in total. The van der Waals surface area contributed by atoms with Gasteiger partial charge in [0.1, 0.15) is 19.3 Å². The summed E-state index contributed by atoms with van der Waals surface area (Å²) in [6, 6.07) is 0. The molecule has 2 unspecified atom stereocenters. The minimum absolute atomic E-state index is 0.0853. The molecule has 0 rings (SSSR count). The molecule has 0 saturated carbocycles. The smallest absolute Gasteiger partial charge is 0.462 e. The van der Waals surface area contributed by atoms with Crippen molar-refractivity contribution in [3.63, 3.8) is 0 Å². The number of carbonyl (C=O) groups is 4. The SMILES string of the molecule is CCCCCC/C=C\C=C/CCCCCCCC(=O)O[C@H](COC(=O)CCCCCCCCC)COP(=O)(O)OC[C@H](O)COP(=O)(O)OC[C@@H](COC(=O)CCCCCCCCCCCCCCCCCCCCC)OC(=O)CCCCCCCCCCCCCCCCCCCCC. The number of unbranched alkanes of at least 4 members (excludes halogenated alkanes) is 51. The summed E-state index contributed by atoms with van der Waals surface area (Å²) in [7, 11) is -9.92. The fourth-order valence-electron chi connectivity index (χ4n) is 12.1. The Bertz CT molecular complexity index is 1990. The van der Waals surface area contributed by atoms with Crippen molar-refractivity contribution in [1.82, 2.24) is 0 Å². The zero-order valence-corrected chi connectivity index (χ0v) is 66.5. The van der Waals surface area contributed by atoms with Crippen molar-refractivity contribution in [3.8, 4) is 0 Å². The highest BCUT2D eigenvalue weighted by Gasteiger charge is 2.30. The lowest BCUT2D eigenvalue weighted by atomic mass is 10.0. The zero-order valence-electron chi connectivity index (χ0n) is 64.7. The molecule has 5 atom stereocenters. The highest BCUT2D eigenvalue weighted by atomic mass is 31.2. The van der Waals surface area contributed by atoms with Crippen LogP contribution in [-0.2, 0) is 65.4 Å². The maximum Gasteiger partial charge on any atom is 0.472 e. The van der Waals surface area contributed by atoms with Gasteiger partial charge in [0.15, 0.2) is 12.2 Å². The average Bonchev–Trinajstić information content (AvgIpc) is 1.14. The van der Waals surface area contributed by atoms with Crippen LogP contribution in [0, 0.1) is 0 Å². The Balaban J connectivity index is 5.20. The maximum absolute atomic E-state index is 13.1. The molecule has 0 amide bonds. The first-order valence-electron chi connectivity index (χ1n) is 41.6. The van der Waals surface area contributed by atoms with Crippen LogP contribution in [0.4, 0.5) is 0 Å². The van der Waals surface area contributed by atoms with E-state index in [2.05, 4.69) is 52.0 Å². The molecule has 0 aromatic rings. The third kappa shape index (κ3) is 73.8. The van der Waals surface area contributed by atoms with E-state index in [-0.39, 0.29) is 25.7 Å². The summed E-state index contributed by atoms with van der Waals surface area (Å²) in [6.07, 6.45) is 70.4. The first-order chi connectivity index (χ1) is 48.7. The van der Waals surface area contributed by atoms with Gasteiger partial charge in [-0.3, -0.25) is 37.3 Å². The Morgan fingerprint density at radius 1 is 0.280 bits per heavy atom. The van der Waals surface area contributed by atoms with Crippen LogP contribution >= 0.6 is 15.6 Å². The molecule has 0 saturated heterocycles. The van der Waals surface area contributed by atoms with Crippen molar-refractivity contribution in [1.29, 1.82) is 0 Å². The van der Waals surface area contributed by atoms with Gasteiger partial charge in [0.2, 0.25) is 0 Å². The Morgan fingerprint density at radius 2 is 0.480 bits per heavy atom. The number of ether oxygens (including phenoxy) is 4. The number of allylic oxidation sites excluding steroid dienone is 4. The third-order valence-electron chi connectivity index (χ3n) is 18.5. The number of carbonyl (C=O) groups excluding carboxylic acids is 4. The van der Waals surface area contributed by atoms with E-state index >= 15 is 0 Å². The molecule has 0 aromatic carbocycles. The first kappa shape index (κ1) is 97.5. The van der Waals surface area contributed by atoms with Crippen LogP contribution in [-0.4, -0.2) is 96.7 Å². The molecule has 0 heterocycles. The molecule has 0 aliphatic rings. The van der Waals surface area contributed by atoms with Crippen molar-refractivity contribution in [2.45, 2.75) is 431 Å². The molecular weight excluding hydrogens is 1310 g/mol. The second-order valence-corrected chi connectivity index (χ2v) is 31.4. The van der Waals surface area contributed by atoms with Gasteiger partial charge >= 0.3 is 39.5 Å². The van der Waals surface area contributed by atoms with Gasteiger partial charge in [-0.05, 0) is 51.4 Å².